The van der Waals surface area contributed by atoms with Crippen molar-refractivity contribution in [3.63, 3.8) is 0 Å². The molecule has 0 saturated carbocycles. The first-order valence-corrected chi connectivity index (χ1v) is 9.63. The fourth-order valence-electron chi connectivity index (χ4n) is 5.40. The molecule has 2 atom stereocenters. The van der Waals surface area contributed by atoms with Crippen LogP contribution in [0.2, 0.25) is 0 Å². The summed E-state index contributed by atoms with van der Waals surface area (Å²) in [6.07, 6.45) is 3.29. The molecule has 2 aliphatic rings. The summed E-state index contributed by atoms with van der Waals surface area (Å²) in [5.74, 6) is 0.962. The molecule has 2 N–H and O–H groups in total. The molecular weight excluding hydrogens is 320 g/mol. The second kappa shape index (κ2) is 5.62. The molecular formula is C23H26N2O. The number of likely N-dealkylation sites (tertiary alicyclic amines) is 1. The number of rotatable bonds is 1. The van der Waals surface area contributed by atoms with Gasteiger partial charge in [0.15, 0.2) is 0 Å². The third-order valence-corrected chi connectivity index (χ3v) is 6.77. The Labute approximate surface area is 154 Å². The topological polar surface area (TPSA) is 39.3 Å². The maximum atomic E-state index is 10.1. The highest BCUT2D eigenvalue weighted by Crippen LogP contribution is 2.49. The number of phenols is 1. The van der Waals surface area contributed by atoms with E-state index in [1.165, 1.54) is 33.3 Å². The molecule has 1 aliphatic heterocycles. The Bertz CT molecular complexity index is 989. The summed E-state index contributed by atoms with van der Waals surface area (Å²) in [7, 11) is 2.24. The molecule has 0 amide bonds. The molecule has 2 aromatic carbocycles. The highest BCUT2D eigenvalue weighted by atomic mass is 16.3. The number of hydrogen-bond acceptors (Lipinski definition) is 2. The minimum atomic E-state index is 0.119. The van der Waals surface area contributed by atoms with Crippen molar-refractivity contribution in [3.8, 4) is 5.75 Å². The van der Waals surface area contributed by atoms with E-state index in [1.54, 1.807) is 6.07 Å². The number of aromatic amines is 1. The van der Waals surface area contributed by atoms with Crippen molar-refractivity contribution < 1.29 is 5.11 Å². The van der Waals surface area contributed by atoms with Gasteiger partial charge in [-0.1, -0.05) is 24.3 Å². The van der Waals surface area contributed by atoms with Gasteiger partial charge in [-0.05, 0) is 80.6 Å². The molecule has 3 aromatic rings. The number of H-pyrrole nitrogens is 1. The molecule has 2 unspecified atom stereocenters. The summed E-state index contributed by atoms with van der Waals surface area (Å²) in [4.78, 5) is 6.20. The summed E-state index contributed by atoms with van der Waals surface area (Å²) in [6, 6.07) is 14.8. The summed E-state index contributed by atoms with van der Waals surface area (Å²) in [5, 5.41) is 11.5. The first-order chi connectivity index (χ1) is 12.5. The van der Waals surface area contributed by atoms with Crippen molar-refractivity contribution in [2.45, 2.75) is 31.6 Å². The molecule has 5 rings (SSSR count). The lowest BCUT2D eigenvalue weighted by molar-refractivity contribution is 0.0994. The lowest BCUT2D eigenvalue weighted by atomic mass is 9.59. The van der Waals surface area contributed by atoms with Crippen LogP contribution in [0.15, 0.2) is 42.5 Å². The van der Waals surface area contributed by atoms with Gasteiger partial charge < -0.3 is 15.0 Å². The molecule has 3 heteroatoms. The van der Waals surface area contributed by atoms with Crippen LogP contribution >= 0.6 is 0 Å². The molecule has 1 fully saturated rings. The van der Waals surface area contributed by atoms with Gasteiger partial charge in [0.2, 0.25) is 0 Å². The normalized spacial score (nSPS) is 25.8. The third-order valence-electron chi connectivity index (χ3n) is 6.77. The van der Waals surface area contributed by atoms with Gasteiger partial charge in [0.1, 0.15) is 5.75 Å². The number of piperidine rings is 1. The van der Waals surface area contributed by atoms with Crippen molar-refractivity contribution in [2.24, 2.45) is 5.92 Å². The lowest BCUT2D eigenvalue weighted by Crippen LogP contribution is -2.52. The Balaban J connectivity index is 1.68. The minimum Gasteiger partial charge on any atom is -0.508 e. The van der Waals surface area contributed by atoms with E-state index in [2.05, 4.69) is 48.1 Å². The Hall–Kier alpha value is -2.26. The zero-order chi connectivity index (χ0) is 17.9. The van der Waals surface area contributed by atoms with Crippen LogP contribution in [-0.2, 0) is 18.3 Å². The van der Waals surface area contributed by atoms with Crippen molar-refractivity contribution in [1.29, 1.82) is 0 Å². The minimum absolute atomic E-state index is 0.119. The summed E-state index contributed by atoms with van der Waals surface area (Å²) in [6.45, 7) is 4.39. The summed E-state index contributed by atoms with van der Waals surface area (Å²) < 4.78 is 0. The number of aryl methyl sites for hydroxylation is 1. The van der Waals surface area contributed by atoms with E-state index in [0.717, 1.165) is 32.4 Å². The standard InChI is InChI=1S/C23H26N2O/c1-15-6-7-19-20-12-17-14-25(2)9-8-23(17,13-22(20)24-21(19)10-15)16-4-3-5-18(26)11-16/h3-7,10-11,17,24,26H,8-9,12-14H2,1-2H3. The molecule has 1 saturated heterocycles. The molecule has 26 heavy (non-hydrogen) atoms. The maximum Gasteiger partial charge on any atom is 0.115 e. The van der Waals surface area contributed by atoms with Crippen LogP contribution in [0.4, 0.5) is 0 Å². The highest BCUT2D eigenvalue weighted by Gasteiger charge is 2.47. The van der Waals surface area contributed by atoms with E-state index in [4.69, 9.17) is 0 Å². The zero-order valence-electron chi connectivity index (χ0n) is 15.5. The predicted molar refractivity (Wildman–Crippen MR) is 106 cm³/mol. The van der Waals surface area contributed by atoms with E-state index < -0.39 is 0 Å². The first kappa shape index (κ1) is 16.0. The summed E-state index contributed by atoms with van der Waals surface area (Å²) >= 11 is 0. The first-order valence-electron chi connectivity index (χ1n) is 9.63. The molecule has 134 valence electrons. The average Bonchev–Trinajstić information content (AvgIpc) is 2.95. The maximum absolute atomic E-state index is 10.1. The second-order valence-electron chi connectivity index (χ2n) is 8.43. The van der Waals surface area contributed by atoms with E-state index in [1.807, 2.05) is 12.1 Å². The Morgan fingerprint density at radius 2 is 2.08 bits per heavy atom. The van der Waals surface area contributed by atoms with Crippen LogP contribution in [-0.4, -0.2) is 35.1 Å². The molecule has 0 bridgehead atoms. The molecule has 2 heterocycles. The monoisotopic (exact) mass is 346 g/mol. The van der Waals surface area contributed by atoms with E-state index in [0.29, 0.717) is 11.7 Å². The van der Waals surface area contributed by atoms with E-state index in [-0.39, 0.29) is 5.41 Å². The molecule has 3 nitrogen and oxygen atoms in total. The number of fused-ring (bicyclic) bond motifs is 4. The number of nitrogens with one attached hydrogen (secondary N) is 1. The Morgan fingerprint density at radius 1 is 1.19 bits per heavy atom. The number of nitrogens with zero attached hydrogens (tertiary/aromatic N) is 1. The van der Waals surface area contributed by atoms with Crippen LogP contribution in [0.5, 0.6) is 5.75 Å². The van der Waals surface area contributed by atoms with Crippen molar-refractivity contribution in [2.75, 3.05) is 20.1 Å². The van der Waals surface area contributed by atoms with Gasteiger partial charge in [-0.2, -0.15) is 0 Å². The van der Waals surface area contributed by atoms with Gasteiger partial charge in [-0.15, -0.1) is 0 Å². The number of hydrogen-bond donors (Lipinski definition) is 2. The van der Waals surface area contributed by atoms with Gasteiger partial charge in [0.05, 0.1) is 0 Å². The van der Waals surface area contributed by atoms with Crippen molar-refractivity contribution >= 4 is 10.9 Å². The second-order valence-corrected chi connectivity index (χ2v) is 8.43. The lowest BCUT2D eigenvalue weighted by Gasteiger charge is -2.50. The van der Waals surface area contributed by atoms with Crippen molar-refractivity contribution in [1.82, 2.24) is 9.88 Å². The smallest absolute Gasteiger partial charge is 0.115 e. The molecule has 1 aromatic heterocycles. The predicted octanol–water partition coefficient (Wildman–Crippen LogP) is 4.17. The third kappa shape index (κ3) is 2.30. The van der Waals surface area contributed by atoms with Gasteiger partial charge >= 0.3 is 0 Å². The Morgan fingerprint density at radius 3 is 2.92 bits per heavy atom. The van der Waals surface area contributed by atoms with Crippen molar-refractivity contribution in [3.05, 3.63) is 64.8 Å². The van der Waals surface area contributed by atoms with Crippen LogP contribution in [0.3, 0.4) is 0 Å². The fourth-order valence-corrected chi connectivity index (χ4v) is 5.40. The largest absolute Gasteiger partial charge is 0.508 e. The quantitative estimate of drug-likeness (QED) is 0.694. The number of aromatic hydroxyl groups is 1. The molecule has 0 radical (unpaired) electrons. The SMILES string of the molecule is Cc1ccc2c3c([nH]c2c1)CC1(c2cccc(O)c2)CCN(C)CC1C3. The molecule has 1 aliphatic carbocycles. The van der Waals surface area contributed by atoms with E-state index in [9.17, 15) is 5.11 Å². The zero-order valence-corrected chi connectivity index (χ0v) is 15.5. The van der Waals surface area contributed by atoms with Gasteiger partial charge in [-0.25, -0.2) is 0 Å². The number of aromatic nitrogens is 1. The molecule has 0 spiro atoms. The Kier molecular flexibility index (Phi) is 3.45. The van der Waals surface area contributed by atoms with Gasteiger partial charge in [0, 0.05) is 28.6 Å². The average molecular weight is 346 g/mol. The highest BCUT2D eigenvalue weighted by molar-refractivity contribution is 5.85. The van der Waals surface area contributed by atoms with Gasteiger partial charge in [0.25, 0.3) is 0 Å². The fraction of sp³-hybridized carbons (Fsp3) is 0.391. The number of benzene rings is 2. The summed E-state index contributed by atoms with van der Waals surface area (Å²) in [5.41, 5.74) is 6.90. The van der Waals surface area contributed by atoms with Crippen LogP contribution in [0.1, 0.15) is 28.8 Å². The van der Waals surface area contributed by atoms with Crippen LogP contribution in [0, 0.1) is 12.8 Å². The number of phenolic OH excluding ortho intramolecular Hbond substituents is 1. The van der Waals surface area contributed by atoms with E-state index >= 15 is 0 Å². The van der Waals surface area contributed by atoms with Crippen LogP contribution < -0.4 is 0 Å². The van der Waals surface area contributed by atoms with Crippen LogP contribution in [0.25, 0.3) is 10.9 Å². The van der Waals surface area contributed by atoms with Gasteiger partial charge in [-0.3, -0.25) is 0 Å².